The molecule has 0 aliphatic heterocycles. The Morgan fingerprint density at radius 2 is 1.88 bits per heavy atom. The number of halogens is 2. The quantitative estimate of drug-likeness (QED) is 0.771. The van der Waals surface area contributed by atoms with E-state index in [1.165, 1.54) is 6.07 Å². The second kappa shape index (κ2) is 3.88. The van der Waals surface area contributed by atoms with Gasteiger partial charge in [0.2, 0.25) is 0 Å². The van der Waals surface area contributed by atoms with E-state index < -0.39 is 0 Å². The number of nitrogen functional groups attached to an aromatic ring is 1. The average Bonchev–Trinajstić information content (AvgIpc) is 2.51. The van der Waals surface area contributed by atoms with Crippen LogP contribution in [0.4, 0.5) is 5.69 Å². The van der Waals surface area contributed by atoms with Gasteiger partial charge in [0, 0.05) is 11.8 Å². The first-order valence-corrected chi connectivity index (χ1v) is 5.28. The molecule has 6 heteroatoms. The lowest BCUT2D eigenvalue weighted by Gasteiger charge is -2.10. The van der Waals surface area contributed by atoms with Gasteiger partial charge in [-0.1, -0.05) is 23.2 Å². The van der Waals surface area contributed by atoms with Crippen LogP contribution in [-0.2, 0) is 0 Å². The van der Waals surface area contributed by atoms with Gasteiger partial charge in [-0.3, -0.25) is 14.6 Å². The molecule has 0 aliphatic rings. The van der Waals surface area contributed by atoms with E-state index in [4.69, 9.17) is 28.9 Å². The molecule has 0 unspecified atom stereocenters. The Kier molecular flexibility index (Phi) is 2.69. The molecule has 0 amide bonds. The third-order valence-corrected chi connectivity index (χ3v) is 2.95. The smallest absolute Gasteiger partial charge is 0.264 e. The molecule has 0 spiro atoms. The van der Waals surface area contributed by atoms with Gasteiger partial charge < -0.3 is 5.73 Å². The average molecular weight is 258 g/mol. The lowest BCUT2D eigenvalue weighted by atomic mass is 10.2. The number of aromatic amines is 1. The highest BCUT2D eigenvalue weighted by Gasteiger charge is 2.09. The van der Waals surface area contributed by atoms with Gasteiger partial charge in [0.05, 0.1) is 21.4 Å². The van der Waals surface area contributed by atoms with Crippen LogP contribution < -0.4 is 11.3 Å². The van der Waals surface area contributed by atoms with Crippen LogP contribution in [0.5, 0.6) is 0 Å². The number of hydrogen-bond donors (Lipinski definition) is 2. The second-order valence-corrected chi connectivity index (χ2v) is 4.24. The number of rotatable bonds is 1. The molecule has 1 aromatic heterocycles. The molecule has 0 atom stereocenters. The summed E-state index contributed by atoms with van der Waals surface area (Å²) in [5.74, 6) is 0. The molecule has 0 fully saturated rings. The van der Waals surface area contributed by atoms with Crippen molar-refractivity contribution in [3.63, 3.8) is 0 Å². The molecular weight excluding hydrogens is 249 g/mol. The van der Waals surface area contributed by atoms with Crippen LogP contribution in [0.3, 0.4) is 0 Å². The first-order chi connectivity index (χ1) is 7.49. The summed E-state index contributed by atoms with van der Waals surface area (Å²) in [6.07, 6.45) is 0. The molecule has 0 saturated heterocycles. The number of aromatic nitrogens is 2. The topological polar surface area (TPSA) is 63.8 Å². The van der Waals surface area contributed by atoms with Crippen LogP contribution in [-0.4, -0.2) is 9.78 Å². The van der Waals surface area contributed by atoms with Crippen molar-refractivity contribution >= 4 is 28.9 Å². The van der Waals surface area contributed by atoms with Crippen molar-refractivity contribution < 1.29 is 0 Å². The van der Waals surface area contributed by atoms with E-state index in [9.17, 15) is 4.79 Å². The Labute approximate surface area is 102 Å². The van der Waals surface area contributed by atoms with Crippen molar-refractivity contribution in [3.8, 4) is 5.69 Å². The molecular formula is C10H9Cl2N3O. The summed E-state index contributed by atoms with van der Waals surface area (Å²) >= 11 is 11.7. The fourth-order valence-electron chi connectivity index (χ4n) is 1.48. The van der Waals surface area contributed by atoms with Crippen molar-refractivity contribution in [3.05, 3.63) is 44.3 Å². The number of aryl methyl sites for hydroxylation is 1. The Balaban J connectivity index is 2.69. The summed E-state index contributed by atoms with van der Waals surface area (Å²) in [5.41, 5.74) is 7.42. The summed E-state index contributed by atoms with van der Waals surface area (Å²) < 4.78 is 1.57. The summed E-state index contributed by atoms with van der Waals surface area (Å²) in [7, 11) is 0. The monoisotopic (exact) mass is 257 g/mol. The van der Waals surface area contributed by atoms with Crippen LogP contribution in [0, 0.1) is 6.92 Å². The summed E-state index contributed by atoms with van der Waals surface area (Å²) in [5, 5.41) is 3.40. The zero-order valence-electron chi connectivity index (χ0n) is 8.42. The predicted molar refractivity (Wildman–Crippen MR) is 65.6 cm³/mol. The maximum atomic E-state index is 11.2. The standard InChI is InChI=1S/C10H9Cl2N3O/c1-5-2-10(16)14-15(5)9-4-7(12)6(11)3-8(9)13/h2-4H,13H2,1H3,(H,14,16). The van der Waals surface area contributed by atoms with Crippen LogP contribution in [0.1, 0.15) is 5.69 Å². The highest BCUT2D eigenvalue weighted by molar-refractivity contribution is 6.42. The van der Waals surface area contributed by atoms with E-state index in [2.05, 4.69) is 5.10 Å². The summed E-state index contributed by atoms with van der Waals surface area (Å²) in [4.78, 5) is 11.2. The van der Waals surface area contributed by atoms with E-state index in [0.29, 0.717) is 21.4 Å². The Bertz CT molecular complexity index is 601. The molecule has 1 heterocycles. The number of hydrogen-bond acceptors (Lipinski definition) is 2. The fourth-order valence-corrected chi connectivity index (χ4v) is 1.81. The minimum atomic E-state index is -0.192. The van der Waals surface area contributed by atoms with Crippen molar-refractivity contribution in [2.75, 3.05) is 5.73 Å². The Hall–Kier alpha value is -1.39. The number of nitrogens with zero attached hydrogens (tertiary/aromatic N) is 1. The van der Waals surface area contributed by atoms with E-state index in [-0.39, 0.29) is 5.56 Å². The van der Waals surface area contributed by atoms with Crippen molar-refractivity contribution in [1.82, 2.24) is 9.78 Å². The number of anilines is 1. The largest absolute Gasteiger partial charge is 0.397 e. The molecule has 3 N–H and O–H groups in total. The van der Waals surface area contributed by atoms with Gasteiger partial charge in [-0.25, -0.2) is 0 Å². The highest BCUT2D eigenvalue weighted by atomic mass is 35.5. The van der Waals surface area contributed by atoms with E-state index in [1.54, 1.807) is 23.7 Å². The lowest BCUT2D eigenvalue weighted by Crippen LogP contribution is -2.07. The first-order valence-electron chi connectivity index (χ1n) is 4.52. The SMILES string of the molecule is Cc1cc(=O)[nH]n1-c1cc(Cl)c(Cl)cc1N. The lowest BCUT2D eigenvalue weighted by molar-refractivity contribution is 0.836. The van der Waals surface area contributed by atoms with Crippen molar-refractivity contribution in [2.45, 2.75) is 6.92 Å². The van der Waals surface area contributed by atoms with Gasteiger partial charge in [0.25, 0.3) is 5.56 Å². The Morgan fingerprint density at radius 3 is 2.44 bits per heavy atom. The maximum absolute atomic E-state index is 11.2. The normalized spacial score (nSPS) is 10.7. The number of H-pyrrole nitrogens is 1. The number of benzene rings is 1. The van der Waals surface area contributed by atoms with E-state index in [1.807, 2.05) is 0 Å². The zero-order chi connectivity index (χ0) is 11.9. The molecule has 0 aliphatic carbocycles. The third-order valence-electron chi connectivity index (χ3n) is 2.23. The molecule has 0 radical (unpaired) electrons. The van der Waals surface area contributed by atoms with Crippen LogP contribution in [0.2, 0.25) is 10.0 Å². The van der Waals surface area contributed by atoms with E-state index >= 15 is 0 Å². The van der Waals surface area contributed by atoms with Gasteiger partial charge in [-0.05, 0) is 19.1 Å². The van der Waals surface area contributed by atoms with Crippen LogP contribution >= 0.6 is 23.2 Å². The molecule has 84 valence electrons. The number of nitrogens with one attached hydrogen (secondary N) is 1. The van der Waals surface area contributed by atoms with Gasteiger partial charge in [0.1, 0.15) is 0 Å². The fraction of sp³-hybridized carbons (Fsp3) is 0.100. The predicted octanol–water partition coefficient (Wildman–Crippen LogP) is 2.36. The molecule has 0 saturated carbocycles. The Morgan fingerprint density at radius 1 is 1.25 bits per heavy atom. The summed E-state index contributed by atoms with van der Waals surface area (Å²) in [6.45, 7) is 1.79. The maximum Gasteiger partial charge on any atom is 0.264 e. The molecule has 4 nitrogen and oxygen atoms in total. The van der Waals surface area contributed by atoms with Gasteiger partial charge in [0.15, 0.2) is 0 Å². The molecule has 0 bridgehead atoms. The molecule has 16 heavy (non-hydrogen) atoms. The first kappa shape index (κ1) is 11.1. The molecule has 2 rings (SSSR count). The van der Waals surface area contributed by atoms with Crippen molar-refractivity contribution in [1.29, 1.82) is 0 Å². The van der Waals surface area contributed by atoms with Crippen molar-refractivity contribution in [2.24, 2.45) is 0 Å². The van der Waals surface area contributed by atoms with Crippen LogP contribution in [0.25, 0.3) is 5.69 Å². The molecule has 1 aromatic carbocycles. The minimum absolute atomic E-state index is 0.192. The third kappa shape index (κ3) is 1.81. The molecule has 2 aromatic rings. The zero-order valence-corrected chi connectivity index (χ0v) is 9.93. The van der Waals surface area contributed by atoms with Gasteiger partial charge >= 0.3 is 0 Å². The highest BCUT2D eigenvalue weighted by Crippen LogP contribution is 2.29. The second-order valence-electron chi connectivity index (χ2n) is 3.42. The van der Waals surface area contributed by atoms with Gasteiger partial charge in [-0.2, -0.15) is 0 Å². The summed E-state index contributed by atoms with van der Waals surface area (Å²) in [6, 6.07) is 4.64. The minimum Gasteiger partial charge on any atom is -0.397 e. The van der Waals surface area contributed by atoms with Crippen LogP contribution in [0.15, 0.2) is 23.0 Å². The van der Waals surface area contributed by atoms with Gasteiger partial charge in [-0.15, -0.1) is 0 Å². The number of nitrogens with two attached hydrogens (primary N) is 1. The van der Waals surface area contributed by atoms with E-state index in [0.717, 1.165) is 5.69 Å².